The first-order valence-electron chi connectivity index (χ1n) is 9.08. The van der Waals surface area contributed by atoms with Crippen LogP contribution in [0.4, 0.5) is 10.8 Å². The average Bonchev–Trinajstić information content (AvgIpc) is 3.28. The average molecular weight is 459 g/mol. The Kier molecular flexibility index (Phi) is 5.57. The molecule has 4 aromatic rings. The van der Waals surface area contributed by atoms with Crippen molar-refractivity contribution < 1.29 is 14.1 Å². The number of oxazole rings is 1. The zero-order valence-electron chi connectivity index (χ0n) is 16.1. The maximum Gasteiger partial charge on any atom is 0.420 e. The Morgan fingerprint density at radius 2 is 2.16 bits per heavy atom. The van der Waals surface area contributed by atoms with Gasteiger partial charge in [0.05, 0.1) is 16.5 Å². The van der Waals surface area contributed by atoms with E-state index in [4.69, 9.17) is 16.0 Å². The zero-order chi connectivity index (χ0) is 22.1. The lowest BCUT2D eigenvalue weighted by molar-refractivity contribution is -0.384. The van der Waals surface area contributed by atoms with Crippen LogP contribution < -0.4 is 11.1 Å². The molecule has 0 bridgehead atoms. The smallest absolute Gasteiger partial charge is 0.407 e. The molecule has 31 heavy (non-hydrogen) atoms. The first kappa shape index (κ1) is 20.8. The van der Waals surface area contributed by atoms with Gasteiger partial charge in [-0.25, -0.2) is 9.78 Å². The predicted octanol–water partition coefficient (Wildman–Crippen LogP) is 4.15. The summed E-state index contributed by atoms with van der Waals surface area (Å²) in [6.45, 7) is 1.62. The number of amides is 1. The molecule has 158 valence electrons. The second-order valence-electron chi connectivity index (χ2n) is 6.77. The molecule has 0 spiro atoms. The SMILES string of the molecule is Cc1cccc(Cc2cnc(NC(=O)Cn3c(=O)oc4cc([N+](=O)[O-])ccc43)s2)c1Cl. The molecular weight excluding hydrogens is 444 g/mol. The van der Waals surface area contributed by atoms with Crippen molar-refractivity contribution in [2.75, 3.05) is 5.32 Å². The first-order chi connectivity index (χ1) is 14.8. The van der Waals surface area contributed by atoms with Gasteiger partial charge in [0.15, 0.2) is 10.7 Å². The van der Waals surface area contributed by atoms with Gasteiger partial charge in [-0.3, -0.25) is 19.5 Å². The summed E-state index contributed by atoms with van der Waals surface area (Å²) in [6, 6.07) is 9.57. The van der Waals surface area contributed by atoms with E-state index in [1.54, 1.807) is 6.20 Å². The lowest BCUT2D eigenvalue weighted by Crippen LogP contribution is -2.24. The summed E-state index contributed by atoms with van der Waals surface area (Å²) in [4.78, 5) is 39.9. The van der Waals surface area contributed by atoms with E-state index in [0.717, 1.165) is 26.6 Å². The number of carbonyl (C=O) groups excluding carboxylic acids is 1. The van der Waals surface area contributed by atoms with Gasteiger partial charge in [-0.1, -0.05) is 29.8 Å². The monoisotopic (exact) mass is 458 g/mol. The zero-order valence-corrected chi connectivity index (χ0v) is 17.7. The molecule has 0 atom stereocenters. The Morgan fingerprint density at radius 3 is 2.94 bits per heavy atom. The van der Waals surface area contributed by atoms with Crippen molar-refractivity contribution in [3.63, 3.8) is 0 Å². The van der Waals surface area contributed by atoms with Gasteiger partial charge < -0.3 is 9.73 Å². The molecule has 4 rings (SSSR count). The van der Waals surface area contributed by atoms with Gasteiger partial charge in [0.2, 0.25) is 5.91 Å². The predicted molar refractivity (Wildman–Crippen MR) is 117 cm³/mol. The number of nitro groups is 1. The summed E-state index contributed by atoms with van der Waals surface area (Å²) in [6.07, 6.45) is 2.25. The molecule has 0 aliphatic carbocycles. The summed E-state index contributed by atoms with van der Waals surface area (Å²) in [5.74, 6) is -1.25. The van der Waals surface area contributed by atoms with Crippen LogP contribution in [0.15, 0.2) is 51.8 Å². The van der Waals surface area contributed by atoms with E-state index < -0.39 is 16.6 Å². The van der Waals surface area contributed by atoms with Crippen LogP contribution in [0.5, 0.6) is 0 Å². The molecule has 0 radical (unpaired) electrons. The minimum Gasteiger partial charge on any atom is -0.407 e. The molecule has 1 amide bonds. The second kappa shape index (κ2) is 8.32. The minimum atomic E-state index is -0.778. The highest BCUT2D eigenvalue weighted by Gasteiger charge is 2.17. The molecule has 0 saturated heterocycles. The van der Waals surface area contributed by atoms with E-state index in [0.29, 0.717) is 22.1 Å². The fourth-order valence-electron chi connectivity index (χ4n) is 3.10. The minimum absolute atomic E-state index is 0.0403. The van der Waals surface area contributed by atoms with E-state index in [2.05, 4.69) is 10.3 Å². The maximum absolute atomic E-state index is 12.4. The number of nitrogens with one attached hydrogen (secondary N) is 1. The van der Waals surface area contributed by atoms with E-state index in [9.17, 15) is 19.7 Å². The Morgan fingerprint density at radius 1 is 1.35 bits per heavy atom. The van der Waals surface area contributed by atoms with Gasteiger partial charge in [0.25, 0.3) is 5.69 Å². The topological polar surface area (TPSA) is 120 Å². The number of benzene rings is 2. The number of hydrogen-bond acceptors (Lipinski definition) is 7. The number of nitrogens with zero attached hydrogens (tertiary/aromatic N) is 3. The van der Waals surface area contributed by atoms with Crippen LogP contribution in [0.25, 0.3) is 11.1 Å². The molecule has 1 N–H and O–H groups in total. The molecule has 11 heteroatoms. The van der Waals surface area contributed by atoms with Gasteiger partial charge in [0.1, 0.15) is 6.54 Å². The van der Waals surface area contributed by atoms with Crippen LogP contribution in [-0.4, -0.2) is 20.4 Å². The van der Waals surface area contributed by atoms with E-state index in [1.807, 2.05) is 25.1 Å². The molecule has 0 unspecified atom stereocenters. The van der Waals surface area contributed by atoms with E-state index in [1.165, 1.54) is 23.5 Å². The number of carbonyl (C=O) groups is 1. The molecule has 0 fully saturated rings. The van der Waals surface area contributed by atoms with Crippen molar-refractivity contribution in [1.29, 1.82) is 0 Å². The number of nitro benzene ring substituents is 1. The highest BCUT2D eigenvalue weighted by molar-refractivity contribution is 7.15. The summed E-state index contributed by atoms with van der Waals surface area (Å²) < 4.78 is 6.14. The summed E-state index contributed by atoms with van der Waals surface area (Å²) >= 11 is 7.65. The largest absolute Gasteiger partial charge is 0.420 e. The Balaban J connectivity index is 1.47. The molecule has 2 aromatic carbocycles. The fourth-order valence-corrected chi connectivity index (χ4v) is 4.14. The standard InChI is InChI=1S/C20H15ClN4O5S/c1-11-3-2-4-12(18(11)21)7-14-9-22-19(31-14)23-17(26)10-24-15-6-5-13(25(28)29)8-16(15)30-20(24)27/h2-6,8-9H,7,10H2,1H3,(H,22,23,26). The van der Waals surface area contributed by atoms with Gasteiger partial charge in [-0.2, -0.15) is 0 Å². The number of halogens is 1. The van der Waals surface area contributed by atoms with Crippen LogP contribution in [0.1, 0.15) is 16.0 Å². The van der Waals surface area contributed by atoms with Crippen LogP contribution in [0, 0.1) is 17.0 Å². The van der Waals surface area contributed by atoms with Crippen LogP contribution in [0.2, 0.25) is 5.02 Å². The second-order valence-corrected chi connectivity index (χ2v) is 8.26. The number of aryl methyl sites for hydroxylation is 1. The number of anilines is 1. The van der Waals surface area contributed by atoms with Crippen molar-refractivity contribution in [2.24, 2.45) is 0 Å². The van der Waals surface area contributed by atoms with Gasteiger partial charge in [-0.05, 0) is 24.1 Å². The first-order valence-corrected chi connectivity index (χ1v) is 10.3. The van der Waals surface area contributed by atoms with Gasteiger partial charge in [-0.15, -0.1) is 11.3 Å². The molecule has 0 aliphatic heterocycles. The molecule has 9 nitrogen and oxygen atoms in total. The Hall–Kier alpha value is -3.50. The lowest BCUT2D eigenvalue weighted by Gasteiger charge is -2.04. The van der Waals surface area contributed by atoms with Crippen molar-refractivity contribution in [1.82, 2.24) is 9.55 Å². The molecule has 0 aliphatic rings. The lowest BCUT2D eigenvalue weighted by atomic mass is 10.1. The summed E-state index contributed by atoms with van der Waals surface area (Å²) in [5, 5.41) is 14.6. The summed E-state index contributed by atoms with van der Waals surface area (Å²) in [5.41, 5.74) is 2.08. The van der Waals surface area contributed by atoms with Crippen LogP contribution in [0.3, 0.4) is 0 Å². The van der Waals surface area contributed by atoms with Gasteiger partial charge in [0, 0.05) is 28.6 Å². The fraction of sp³-hybridized carbons (Fsp3) is 0.150. The number of thiazole rings is 1. The van der Waals surface area contributed by atoms with Crippen molar-refractivity contribution >= 4 is 50.8 Å². The maximum atomic E-state index is 12.4. The third kappa shape index (κ3) is 4.35. The molecule has 2 aromatic heterocycles. The molecule has 0 saturated carbocycles. The van der Waals surface area contributed by atoms with Crippen LogP contribution >= 0.6 is 22.9 Å². The highest BCUT2D eigenvalue weighted by atomic mass is 35.5. The van der Waals surface area contributed by atoms with Crippen molar-refractivity contribution in [3.8, 4) is 0 Å². The van der Waals surface area contributed by atoms with Crippen molar-refractivity contribution in [3.05, 3.63) is 84.3 Å². The quantitative estimate of drug-likeness (QED) is 0.342. The van der Waals surface area contributed by atoms with Crippen molar-refractivity contribution in [2.45, 2.75) is 19.9 Å². The third-order valence-corrected chi connectivity index (χ3v) is 6.05. The Bertz CT molecular complexity index is 1370. The molecule has 2 heterocycles. The normalized spacial score (nSPS) is 11.0. The number of rotatable bonds is 6. The van der Waals surface area contributed by atoms with E-state index in [-0.39, 0.29) is 17.8 Å². The number of non-ortho nitro benzene ring substituents is 1. The van der Waals surface area contributed by atoms with Crippen LogP contribution in [-0.2, 0) is 17.8 Å². The Labute approximate surface area is 184 Å². The number of aromatic nitrogens is 2. The number of hydrogen-bond donors (Lipinski definition) is 1. The van der Waals surface area contributed by atoms with E-state index >= 15 is 0 Å². The van der Waals surface area contributed by atoms with Gasteiger partial charge >= 0.3 is 5.76 Å². The number of fused-ring (bicyclic) bond motifs is 1. The highest BCUT2D eigenvalue weighted by Crippen LogP contribution is 2.27. The summed E-state index contributed by atoms with van der Waals surface area (Å²) in [7, 11) is 0. The third-order valence-electron chi connectivity index (χ3n) is 4.60. The molecular formula is C20H15ClN4O5S.